The van der Waals surface area contributed by atoms with Gasteiger partial charge in [-0.3, -0.25) is 9.00 Å². The summed E-state index contributed by atoms with van der Waals surface area (Å²) in [4.78, 5) is 12.8. The fraction of sp³-hybridized carbons (Fsp3) is 0.588. The summed E-state index contributed by atoms with van der Waals surface area (Å²) in [6.45, 7) is 0. The lowest BCUT2D eigenvalue weighted by Gasteiger charge is -2.37. The predicted molar refractivity (Wildman–Crippen MR) is 84.6 cm³/mol. The number of hydrogen-bond acceptors (Lipinski definition) is 3. The molecule has 0 aliphatic carbocycles. The Balaban J connectivity index is 1.86. The monoisotopic (exact) mass is 360 g/mol. The van der Waals surface area contributed by atoms with E-state index in [-0.39, 0.29) is 33.5 Å². The number of Topliss-reactive ketones (excluding diaryl/α,β-unsaturated/α-hetero) is 1. The molecule has 0 amide bonds. The molecule has 24 heavy (non-hydrogen) atoms. The zero-order valence-electron chi connectivity index (χ0n) is 13.3. The average molecular weight is 360 g/mol. The molecule has 1 aromatic rings. The molecule has 2 aliphatic heterocycles. The molecule has 0 radical (unpaired) electrons. The maximum Gasteiger partial charge on any atom is 0.416 e. The van der Waals surface area contributed by atoms with E-state index in [1.54, 1.807) is 0 Å². The van der Waals surface area contributed by atoms with Crippen LogP contribution in [0.2, 0.25) is 0 Å². The number of rotatable bonds is 3. The normalized spacial score (nSPS) is 30.0. The lowest BCUT2D eigenvalue weighted by Crippen LogP contribution is -2.41. The number of carbonyl (C=O) groups is 1. The molecule has 2 heterocycles. The van der Waals surface area contributed by atoms with Crippen molar-refractivity contribution in [1.82, 2.24) is 0 Å². The van der Waals surface area contributed by atoms with E-state index >= 15 is 0 Å². The number of fused-ring (bicyclic) bond motifs is 2. The third-order valence-electron chi connectivity index (χ3n) is 4.97. The van der Waals surface area contributed by atoms with Crippen molar-refractivity contribution < 1.29 is 26.9 Å². The predicted octanol–water partition coefficient (Wildman–Crippen LogP) is 3.98. The second-order valence-electron chi connectivity index (χ2n) is 6.45. The molecule has 2 aliphatic rings. The Labute approximate surface area is 141 Å². The molecule has 0 saturated carbocycles. The van der Waals surface area contributed by atoms with Crippen LogP contribution in [0.1, 0.15) is 48.0 Å². The maximum atomic E-state index is 12.8. The van der Waals surface area contributed by atoms with Gasteiger partial charge in [-0.15, -0.1) is 0 Å². The first-order valence-electron chi connectivity index (χ1n) is 8.00. The highest BCUT2D eigenvalue weighted by Crippen LogP contribution is 2.40. The van der Waals surface area contributed by atoms with Crippen LogP contribution in [0.4, 0.5) is 13.2 Å². The molecule has 0 N–H and O–H groups in total. The van der Waals surface area contributed by atoms with Crippen LogP contribution in [0.25, 0.3) is 0 Å². The molecule has 3 nitrogen and oxygen atoms in total. The van der Waals surface area contributed by atoms with Crippen molar-refractivity contribution in [2.45, 2.75) is 48.8 Å². The van der Waals surface area contributed by atoms with Gasteiger partial charge in [0.2, 0.25) is 0 Å². The van der Waals surface area contributed by atoms with E-state index in [1.165, 1.54) is 13.2 Å². The van der Waals surface area contributed by atoms with Crippen molar-refractivity contribution in [2.75, 3.05) is 7.11 Å². The Morgan fingerprint density at radius 1 is 1.21 bits per heavy atom. The smallest absolute Gasteiger partial charge is 0.416 e. The van der Waals surface area contributed by atoms with Gasteiger partial charge in [-0.2, -0.15) is 13.2 Å². The Kier molecular flexibility index (Phi) is 4.73. The number of alkyl halides is 3. The van der Waals surface area contributed by atoms with Gasteiger partial charge in [0, 0.05) is 27.2 Å². The summed E-state index contributed by atoms with van der Waals surface area (Å²) >= 11 is 0. The van der Waals surface area contributed by atoms with Crippen LogP contribution in [0, 0.1) is 5.92 Å². The van der Waals surface area contributed by atoms with Crippen molar-refractivity contribution in [3.8, 4) is 5.75 Å². The van der Waals surface area contributed by atoms with Gasteiger partial charge in [-0.1, -0.05) is 6.42 Å². The maximum absolute atomic E-state index is 12.8. The fourth-order valence-electron chi connectivity index (χ4n) is 3.74. The number of carbonyl (C=O) groups excluding carboxylic acids is 1. The van der Waals surface area contributed by atoms with E-state index in [0.29, 0.717) is 12.8 Å². The number of methoxy groups -OCH3 is 1. The summed E-state index contributed by atoms with van der Waals surface area (Å²) in [5.41, 5.74) is -0.654. The molecule has 1 aromatic carbocycles. The highest BCUT2D eigenvalue weighted by atomic mass is 32.2. The van der Waals surface area contributed by atoms with Crippen molar-refractivity contribution in [1.29, 1.82) is 0 Å². The first kappa shape index (κ1) is 17.5. The van der Waals surface area contributed by atoms with Gasteiger partial charge in [0.1, 0.15) is 5.75 Å². The van der Waals surface area contributed by atoms with E-state index in [0.717, 1.165) is 31.4 Å². The molecule has 0 spiro atoms. The van der Waals surface area contributed by atoms with Crippen LogP contribution in [0.3, 0.4) is 0 Å². The molecular weight excluding hydrogens is 341 g/mol. The third-order valence-corrected chi connectivity index (χ3v) is 7.14. The average Bonchev–Trinajstić information content (AvgIpc) is 2.52. The minimum Gasteiger partial charge on any atom is -0.496 e. The summed E-state index contributed by atoms with van der Waals surface area (Å²) < 4.78 is 55.7. The van der Waals surface area contributed by atoms with E-state index in [2.05, 4.69) is 0 Å². The molecule has 2 unspecified atom stereocenters. The summed E-state index contributed by atoms with van der Waals surface area (Å²) in [7, 11) is 0.376. The Hall–Kier alpha value is -1.37. The van der Waals surface area contributed by atoms with Gasteiger partial charge in [0.15, 0.2) is 5.78 Å². The first-order valence-corrected chi connectivity index (χ1v) is 9.27. The van der Waals surface area contributed by atoms with E-state index in [4.69, 9.17) is 4.74 Å². The number of benzene rings is 1. The number of halogens is 3. The summed E-state index contributed by atoms with van der Waals surface area (Å²) in [6, 6.07) is 2.98. The van der Waals surface area contributed by atoms with Crippen molar-refractivity contribution >= 4 is 16.6 Å². The first-order chi connectivity index (χ1) is 11.3. The quantitative estimate of drug-likeness (QED) is 0.766. The highest BCUT2D eigenvalue weighted by molar-refractivity contribution is 7.86. The summed E-state index contributed by atoms with van der Waals surface area (Å²) in [5.74, 6) is -0.538. The van der Waals surface area contributed by atoms with Crippen LogP contribution < -0.4 is 4.74 Å². The Bertz CT molecular complexity index is 656. The van der Waals surface area contributed by atoms with Crippen LogP contribution >= 0.6 is 0 Å². The van der Waals surface area contributed by atoms with Gasteiger partial charge in [-0.25, -0.2) is 0 Å². The second-order valence-corrected chi connectivity index (χ2v) is 8.44. The van der Waals surface area contributed by atoms with Crippen molar-refractivity contribution in [3.63, 3.8) is 0 Å². The molecule has 2 saturated heterocycles. The Morgan fingerprint density at radius 2 is 1.83 bits per heavy atom. The fourth-order valence-corrected chi connectivity index (χ4v) is 5.93. The minimum atomic E-state index is -4.48. The van der Waals surface area contributed by atoms with Gasteiger partial charge >= 0.3 is 6.18 Å². The number of ketones is 1. The minimum absolute atomic E-state index is 0.0342. The van der Waals surface area contributed by atoms with Crippen LogP contribution in [0.15, 0.2) is 18.2 Å². The number of hydrogen-bond donors (Lipinski definition) is 0. The molecule has 2 fully saturated rings. The van der Waals surface area contributed by atoms with Crippen molar-refractivity contribution in [2.24, 2.45) is 5.92 Å². The molecule has 7 heteroatoms. The van der Waals surface area contributed by atoms with Gasteiger partial charge < -0.3 is 4.74 Å². The van der Waals surface area contributed by atoms with Gasteiger partial charge in [-0.05, 0) is 43.9 Å². The third kappa shape index (κ3) is 3.23. The van der Waals surface area contributed by atoms with E-state index < -0.39 is 22.5 Å². The summed E-state index contributed by atoms with van der Waals surface area (Å²) in [5, 5.41) is 0.0683. The lowest BCUT2D eigenvalue weighted by atomic mass is 9.84. The van der Waals surface area contributed by atoms with E-state index in [1.807, 2.05) is 0 Å². The van der Waals surface area contributed by atoms with Crippen LogP contribution in [0.5, 0.6) is 5.75 Å². The van der Waals surface area contributed by atoms with E-state index in [9.17, 15) is 22.2 Å². The Morgan fingerprint density at radius 3 is 2.38 bits per heavy atom. The molecule has 2 atom stereocenters. The van der Waals surface area contributed by atoms with Gasteiger partial charge in [0.05, 0.1) is 18.2 Å². The zero-order chi connectivity index (χ0) is 17.5. The summed E-state index contributed by atoms with van der Waals surface area (Å²) in [6.07, 6.45) is -0.633. The SMILES string of the molecule is COc1cc(C(F)(F)F)ccc1C(=O)C1CC2CCCC(C1)S2=O. The van der Waals surface area contributed by atoms with Crippen LogP contribution in [-0.2, 0) is 17.0 Å². The lowest BCUT2D eigenvalue weighted by molar-refractivity contribution is -0.137. The number of ether oxygens (including phenoxy) is 1. The topological polar surface area (TPSA) is 43.4 Å². The van der Waals surface area contributed by atoms with Crippen molar-refractivity contribution in [3.05, 3.63) is 29.3 Å². The van der Waals surface area contributed by atoms with Crippen LogP contribution in [-0.4, -0.2) is 27.6 Å². The zero-order valence-corrected chi connectivity index (χ0v) is 14.1. The second kappa shape index (κ2) is 6.50. The molecule has 3 rings (SSSR count). The molecule has 2 bridgehead atoms. The molecular formula is C17H19F3O3S. The molecule has 0 aromatic heterocycles. The molecule has 132 valence electrons. The highest BCUT2D eigenvalue weighted by Gasteiger charge is 2.41. The largest absolute Gasteiger partial charge is 0.496 e. The standard InChI is InChI=1S/C17H19F3O3S/c1-23-15-9-11(17(18,19)20)5-6-14(15)16(21)10-7-12-3-2-4-13(8-10)24(12)22/h5-6,9-10,12-13H,2-4,7-8H2,1H3. The van der Waals surface area contributed by atoms with Gasteiger partial charge in [0.25, 0.3) is 0 Å².